The number of amides is 2. The summed E-state index contributed by atoms with van der Waals surface area (Å²) in [5.74, 6) is -1.31. The van der Waals surface area contributed by atoms with Crippen molar-refractivity contribution >= 4 is 23.3 Å². The number of anilines is 1. The Bertz CT molecular complexity index is 1240. The molecular formula is C21H22F3N7O4. The number of alkyl halides is 3. The first kappa shape index (κ1) is 24.0. The molecule has 1 fully saturated rings. The van der Waals surface area contributed by atoms with E-state index >= 15 is 0 Å². The van der Waals surface area contributed by atoms with Crippen molar-refractivity contribution in [3.63, 3.8) is 0 Å². The average Bonchev–Trinajstić information content (AvgIpc) is 3.30. The van der Waals surface area contributed by atoms with Crippen LogP contribution in [0.3, 0.4) is 0 Å². The molecule has 2 aromatic heterocycles. The van der Waals surface area contributed by atoms with Gasteiger partial charge in [0.15, 0.2) is 17.1 Å². The molecule has 4 rings (SSSR count). The number of aromatic nitrogens is 4. The molecule has 14 heteroatoms. The lowest BCUT2D eigenvalue weighted by molar-refractivity contribution is -0.146. The minimum atomic E-state index is -4.68. The Kier molecular flexibility index (Phi) is 6.62. The Morgan fingerprint density at radius 1 is 1.00 bits per heavy atom. The number of benzene rings is 1. The van der Waals surface area contributed by atoms with Gasteiger partial charge in [0.1, 0.15) is 5.82 Å². The van der Waals surface area contributed by atoms with E-state index in [4.69, 9.17) is 9.47 Å². The van der Waals surface area contributed by atoms with Gasteiger partial charge in [-0.1, -0.05) is 0 Å². The maximum Gasteiger partial charge on any atom is 0.453 e. The lowest BCUT2D eigenvalue weighted by Crippen LogP contribution is -2.47. The van der Waals surface area contributed by atoms with Crippen LogP contribution in [0.1, 0.15) is 29.0 Å². The number of hydrogen-bond acceptors (Lipinski definition) is 8. The van der Waals surface area contributed by atoms with E-state index in [1.165, 1.54) is 32.4 Å². The van der Waals surface area contributed by atoms with Gasteiger partial charge in [0.25, 0.3) is 11.7 Å². The van der Waals surface area contributed by atoms with Crippen molar-refractivity contribution in [2.75, 3.05) is 32.2 Å². The smallest absolute Gasteiger partial charge is 0.453 e. The zero-order valence-electron chi connectivity index (χ0n) is 18.8. The molecule has 3 aromatic rings. The predicted molar refractivity (Wildman–Crippen MR) is 116 cm³/mol. The quantitative estimate of drug-likeness (QED) is 0.517. The van der Waals surface area contributed by atoms with E-state index in [2.05, 4.69) is 26.1 Å². The van der Waals surface area contributed by atoms with Gasteiger partial charge < -0.3 is 14.4 Å². The highest BCUT2D eigenvalue weighted by Gasteiger charge is 2.38. The molecule has 0 unspecified atom stereocenters. The van der Waals surface area contributed by atoms with Gasteiger partial charge in [0, 0.05) is 24.6 Å². The molecule has 0 bridgehead atoms. The van der Waals surface area contributed by atoms with Gasteiger partial charge in [-0.05, 0) is 43.2 Å². The number of ether oxygens (including phenoxy) is 2. The van der Waals surface area contributed by atoms with Gasteiger partial charge >= 0.3 is 6.18 Å². The molecule has 186 valence electrons. The zero-order valence-corrected chi connectivity index (χ0v) is 18.8. The number of rotatable bonds is 5. The number of carbonyl (C=O) groups excluding carboxylic acids is 2. The van der Waals surface area contributed by atoms with Crippen LogP contribution in [0.5, 0.6) is 11.5 Å². The van der Waals surface area contributed by atoms with Gasteiger partial charge in [0.05, 0.1) is 14.2 Å². The second-order valence-corrected chi connectivity index (χ2v) is 7.76. The van der Waals surface area contributed by atoms with Crippen LogP contribution in [0.2, 0.25) is 0 Å². The number of nitrogens with zero attached hydrogens (tertiary/aromatic N) is 5. The highest BCUT2D eigenvalue weighted by molar-refractivity contribution is 5.96. The molecule has 0 spiro atoms. The minimum Gasteiger partial charge on any atom is -0.493 e. The Hall–Kier alpha value is -4.10. The van der Waals surface area contributed by atoms with Crippen LogP contribution in [0.15, 0.2) is 30.3 Å². The maximum atomic E-state index is 13.1. The standard InChI is InChI=1S/C21H22F3N7O4/c1-34-14-4-3-13(11-15(14)35-2)19(33)27-26-18(32)12-7-9-30(10-8-12)17-6-5-16-25-28-20(21(22,23)24)31(16)29-17/h3-6,11-12H,7-10H2,1-2H3,(H,26,32)(H,27,33). The van der Waals surface area contributed by atoms with Crippen molar-refractivity contribution in [2.24, 2.45) is 5.92 Å². The first-order chi connectivity index (χ1) is 16.7. The second kappa shape index (κ2) is 9.64. The molecule has 0 aliphatic carbocycles. The van der Waals surface area contributed by atoms with Crippen molar-refractivity contribution < 1.29 is 32.2 Å². The first-order valence-electron chi connectivity index (χ1n) is 10.6. The molecule has 2 N–H and O–H groups in total. The molecule has 11 nitrogen and oxygen atoms in total. The van der Waals surface area contributed by atoms with Crippen LogP contribution in [0, 0.1) is 5.92 Å². The number of nitrogens with one attached hydrogen (secondary N) is 2. The summed E-state index contributed by atoms with van der Waals surface area (Å²) in [5.41, 5.74) is 5.06. The fourth-order valence-electron chi connectivity index (χ4n) is 3.77. The Morgan fingerprint density at radius 2 is 1.71 bits per heavy atom. The molecule has 1 aliphatic rings. The number of fused-ring (bicyclic) bond motifs is 1. The van der Waals surface area contributed by atoms with E-state index in [0.29, 0.717) is 47.8 Å². The van der Waals surface area contributed by atoms with Crippen LogP contribution in [-0.4, -0.2) is 58.9 Å². The van der Waals surface area contributed by atoms with Crippen LogP contribution >= 0.6 is 0 Å². The third-order valence-corrected chi connectivity index (χ3v) is 5.64. The molecule has 1 aliphatic heterocycles. The Balaban J connectivity index is 1.33. The summed E-state index contributed by atoms with van der Waals surface area (Å²) < 4.78 is 50.3. The molecule has 0 atom stereocenters. The predicted octanol–water partition coefficient (Wildman–Crippen LogP) is 1.84. The van der Waals surface area contributed by atoms with E-state index in [0.717, 1.165) is 0 Å². The van der Waals surface area contributed by atoms with Crippen LogP contribution < -0.4 is 25.2 Å². The SMILES string of the molecule is COc1ccc(C(=O)NNC(=O)C2CCN(c3ccc4nnc(C(F)(F)F)n4n3)CC2)cc1OC. The minimum absolute atomic E-state index is 0.0134. The largest absolute Gasteiger partial charge is 0.493 e. The van der Waals surface area contributed by atoms with Crippen LogP contribution in [-0.2, 0) is 11.0 Å². The van der Waals surface area contributed by atoms with Gasteiger partial charge in [0.2, 0.25) is 5.91 Å². The van der Waals surface area contributed by atoms with Crippen LogP contribution in [0.25, 0.3) is 5.65 Å². The summed E-state index contributed by atoms with van der Waals surface area (Å²) in [5, 5.41) is 10.7. The highest BCUT2D eigenvalue weighted by atomic mass is 19.4. The molecule has 3 heterocycles. The van der Waals surface area contributed by atoms with Crippen molar-refractivity contribution in [3.8, 4) is 11.5 Å². The summed E-state index contributed by atoms with van der Waals surface area (Å²) in [4.78, 5) is 26.7. The third kappa shape index (κ3) is 5.05. The lowest BCUT2D eigenvalue weighted by Gasteiger charge is -2.32. The fourth-order valence-corrected chi connectivity index (χ4v) is 3.77. The third-order valence-electron chi connectivity index (χ3n) is 5.64. The molecule has 0 saturated carbocycles. The fraction of sp³-hybridized carbons (Fsp3) is 0.381. The van der Waals surface area contributed by atoms with E-state index in [9.17, 15) is 22.8 Å². The highest BCUT2D eigenvalue weighted by Crippen LogP contribution is 2.29. The molecule has 0 radical (unpaired) electrons. The number of piperidine rings is 1. The van der Waals surface area contributed by atoms with E-state index in [1.807, 2.05) is 0 Å². The van der Waals surface area contributed by atoms with Crippen LogP contribution in [0.4, 0.5) is 19.0 Å². The number of halogens is 3. The van der Waals surface area contributed by atoms with Gasteiger partial charge in [-0.25, -0.2) is 0 Å². The average molecular weight is 493 g/mol. The number of carbonyl (C=O) groups is 2. The summed E-state index contributed by atoms with van der Waals surface area (Å²) in [6.07, 6.45) is -3.84. The van der Waals surface area contributed by atoms with Crippen molar-refractivity contribution in [1.82, 2.24) is 30.7 Å². The number of hydrazine groups is 1. The molecule has 2 amide bonds. The molecule has 1 saturated heterocycles. The Morgan fingerprint density at radius 3 is 2.37 bits per heavy atom. The van der Waals surface area contributed by atoms with E-state index < -0.39 is 17.9 Å². The topological polar surface area (TPSA) is 123 Å². The van der Waals surface area contributed by atoms with Gasteiger partial charge in [-0.3, -0.25) is 20.4 Å². The summed E-state index contributed by atoms with van der Waals surface area (Å²) in [7, 11) is 2.93. The number of methoxy groups -OCH3 is 2. The van der Waals surface area contributed by atoms with E-state index in [1.54, 1.807) is 17.0 Å². The zero-order chi connectivity index (χ0) is 25.2. The molecule has 35 heavy (non-hydrogen) atoms. The summed E-state index contributed by atoms with van der Waals surface area (Å²) in [6.45, 7) is 0.785. The second-order valence-electron chi connectivity index (χ2n) is 7.76. The van der Waals surface area contributed by atoms with E-state index in [-0.39, 0.29) is 23.0 Å². The summed E-state index contributed by atoms with van der Waals surface area (Å²) in [6, 6.07) is 7.57. The monoisotopic (exact) mass is 493 g/mol. The lowest BCUT2D eigenvalue weighted by atomic mass is 9.96. The normalized spacial score (nSPS) is 14.6. The Labute approximate surface area is 197 Å². The van der Waals surface area contributed by atoms with Crippen molar-refractivity contribution in [3.05, 3.63) is 41.7 Å². The van der Waals surface area contributed by atoms with Crippen molar-refractivity contribution in [1.29, 1.82) is 0 Å². The molecular weight excluding hydrogens is 471 g/mol. The molecule has 1 aromatic carbocycles. The first-order valence-corrected chi connectivity index (χ1v) is 10.6. The van der Waals surface area contributed by atoms with Crippen molar-refractivity contribution in [2.45, 2.75) is 19.0 Å². The maximum absolute atomic E-state index is 13.1. The van der Waals surface area contributed by atoms with Gasteiger partial charge in [-0.15, -0.1) is 15.3 Å². The van der Waals surface area contributed by atoms with Gasteiger partial charge in [-0.2, -0.15) is 17.7 Å². The number of hydrogen-bond donors (Lipinski definition) is 2. The summed E-state index contributed by atoms with van der Waals surface area (Å²) >= 11 is 0.